The Hall–Kier alpha value is -2.32. The fourth-order valence-corrected chi connectivity index (χ4v) is 2.51. The summed E-state index contributed by atoms with van der Waals surface area (Å²) in [4.78, 5) is 12.1. The largest absolute Gasteiger partial charge is 0.435 e. The minimum absolute atomic E-state index is 0.0713. The van der Waals surface area contributed by atoms with Crippen molar-refractivity contribution in [3.63, 3.8) is 0 Å². The lowest BCUT2D eigenvalue weighted by Crippen LogP contribution is -2.28. The van der Waals surface area contributed by atoms with Crippen molar-refractivity contribution in [1.29, 1.82) is 0 Å². The van der Waals surface area contributed by atoms with Gasteiger partial charge in [0.25, 0.3) is 0 Å². The Morgan fingerprint density at radius 1 is 1.42 bits per heavy atom. The molecule has 0 spiro atoms. The number of amides is 1. The number of carbonyl (C=O) groups is 1. The highest BCUT2D eigenvalue weighted by atomic mass is 19.4. The Morgan fingerprint density at radius 2 is 2.12 bits per heavy atom. The molecule has 0 saturated heterocycles. The number of hydrogen-bond acceptors (Lipinski definition) is 3. The zero-order valence-electron chi connectivity index (χ0n) is 13.4. The maximum Gasteiger partial charge on any atom is 0.435 e. The van der Waals surface area contributed by atoms with Crippen molar-refractivity contribution in [3.8, 4) is 0 Å². The summed E-state index contributed by atoms with van der Waals surface area (Å²) in [6, 6.07) is 1.05. The SMILES string of the molecule is Cc1c(CNC(=O)Cn2nc(C(F)(F)F)cc2C2CC2)cnn1C. The molecule has 9 heteroatoms. The maximum atomic E-state index is 12.8. The topological polar surface area (TPSA) is 64.7 Å². The minimum Gasteiger partial charge on any atom is -0.350 e. The molecule has 130 valence electrons. The molecule has 0 aromatic carbocycles. The molecule has 1 N–H and O–H groups in total. The average Bonchev–Trinajstić information content (AvgIpc) is 3.18. The van der Waals surface area contributed by atoms with Crippen molar-refractivity contribution in [2.24, 2.45) is 7.05 Å². The zero-order chi connectivity index (χ0) is 17.5. The van der Waals surface area contributed by atoms with E-state index in [9.17, 15) is 18.0 Å². The predicted octanol–water partition coefficient (Wildman–Crippen LogP) is 2.14. The van der Waals surface area contributed by atoms with Crippen LogP contribution in [0, 0.1) is 6.92 Å². The van der Waals surface area contributed by atoms with Gasteiger partial charge < -0.3 is 5.32 Å². The van der Waals surface area contributed by atoms with Gasteiger partial charge in [0, 0.05) is 36.5 Å². The lowest BCUT2D eigenvalue weighted by molar-refractivity contribution is -0.141. The van der Waals surface area contributed by atoms with Gasteiger partial charge in [-0.25, -0.2) is 0 Å². The fourth-order valence-electron chi connectivity index (χ4n) is 2.51. The summed E-state index contributed by atoms with van der Waals surface area (Å²) in [5.41, 5.74) is 1.33. The number of halogens is 3. The van der Waals surface area contributed by atoms with E-state index in [4.69, 9.17) is 0 Å². The van der Waals surface area contributed by atoms with Gasteiger partial charge in [0.15, 0.2) is 5.69 Å². The number of nitrogens with one attached hydrogen (secondary N) is 1. The van der Waals surface area contributed by atoms with Crippen LogP contribution in [-0.4, -0.2) is 25.5 Å². The Bertz CT molecular complexity index is 758. The summed E-state index contributed by atoms with van der Waals surface area (Å²) in [7, 11) is 1.80. The molecule has 0 atom stereocenters. The van der Waals surface area contributed by atoms with Crippen LogP contribution < -0.4 is 5.32 Å². The molecular weight excluding hydrogens is 323 g/mol. The Morgan fingerprint density at radius 3 is 2.67 bits per heavy atom. The van der Waals surface area contributed by atoms with Gasteiger partial charge in [-0.2, -0.15) is 23.4 Å². The summed E-state index contributed by atoms with van der Waals surface area (Å²) in [6.07, 6.45) is -1.18. The zero-order valence-corrected chi connectivity index (χ0v) is 13.4. The van der Waals surface area contributed by atoms with Crippen molar-refractivity contribution in [1.82, 2.24) is 24.9 Å². The number of carbonyl (C=O) groups excluding carboxylic acids is 1. The Labute approximate surface area is 136 Å². The van der Waals surface area contributed by atoms with Gasteiger partial charge >= 0.3 is 6.18 Å². The first-order valence-electron chi connectivity index (χ1n) is 7.65. The van der Waals surface area contributed by atoms with E-state index in [1.165, 1.54) is 4.68 Å². The van der Waals surface area contributed by atoms with Gasteiger partial charge in [-0.05, 0) is 25.8 Å². The minimum atomic E-state index is -4.50. The Balaban J connectivity index is 1.67. The summed E-state index contributed by atoms with van der Waals surface area (Å²) >= 11 is 0. The third-order valence-corrected chi connectivity index (χ3v) is 4.20. The maximum absolute atomic E-state index is 12.8. The summed E-state index contributed by atoms with van der Waals surface area (Å²) < 4.78 is 41.4. The second-order valence-corrected chi connectivity index (χ2v) is 6.04. The first kappa shape index (κ1) is 16.5. The first-order chi connectivity index (χ1) is 11.3. The molecule has 6 nitrogen and oxygen atoms in total. The predicted molar refractivity (Wildman–Crippen MR) is 79.0 cm³/mol. The third kappa shape index (κ3) is 3.44. The molecule has 2 aromatic rings. The smallest absolute Gasteiger partial charge is 0.350 e. The van der Waals surface area contributed by atoms with Crippen molar-refractivity contribution >= 4 is 5.91 Å². The van der Waals surface area contributed by atoms with Gasteiger partial charge in [-0.3, -0.25) is 14.2 Å². The van der Waals surface area contributed by atoms with E-state index in [2.05, 4.69) is 15.5 Å². The lowest BCUT2D eigenvalue weighted by atomic mass is 10.2. The van der Waals surface area contributed by atoms with Crippen molar-refractivity contribution in [2.75, 3.05) is 0 Å². The highest BCUT2D eigenvalue weighted by Crippen LogP contribution is 2.42. The second-order valence-electron chi connectivity index (χ2n) is 6.04. The molecule has 0 unspecified atom stereocenters. The quantitative estimate of drug-likeness (QED) is 0.906. The van der Waals surface area contributed by atoms with Gasteiger partial charge in [0.1, 0.15) is 6.54 Å². The van der Waals surface area contributed by atoms with E-state index in [0.29, 0.717) is 5.69 Å². The van der Waals surface area contributed by atoms with Gasteiger partial charge in [0.2, 0.25) is 5.91 Å². The lowest BCUT2D eigenvalue weighted by Gasteiger charge is -2.08. The van der Waals surface area contributed by atoms with Crippen LogP contribution in [-0.2, 0) is 31.1 Å². The van der Waals surface area contributed by atoms with Gasteiger partial charge in [-0.1, -0.05) is 0 Å². The molecule has 1 aliphatic rings. The summed E-state index contributed by atoms with van der Waals surface area (Å²) in [5, 5.41) is 10.4. The number of hydrogen-bond donors (Lipinski definition) is 1. The third-order valence-electron chi connectivity index (χ3n) is 4.20. The van der Waals surface area contributed by atoms with Crippen LogP contribution >= 0.6 is 0 Å². The van der Waals surface area contributed by atoms with Gasteiger partial charge in [0.05, 0.1) is 6.20 Å². The molecule has 2 aromatic heterocycles. The van der Waals surface area contributed by atoms with Crippen molar-refractivity contribution < 1.29 is 18.0 Å². The number of aromatic nitrogens is 4. The summed E-state index contributed by atoms with van der Waals surface area (Å²) in [6.45, 7) is 1.94. The standard InChI is InChI=1S/C15H18F3N5O/c1-9-11(7-20-22(9)2)6-19-14(24)8-23-12(10-3-4-10)5-13(21-23)15(16,17)18/h5,7,10H,3-4,6,8H2,1-2H3,(H,19,24). The van der Waals surface area contributed by atoms with Gasteiger partial charge in [-0.15, -0.1) is 0 Å². The van der Waals surface area contributed by atoms with E-state index in [0.717, 1.165) is 30.2 Å². The molecule has 0 bridgehead atoms. The van der Waals surface area contributed by atoms with E-state index in [-0.39, 0.29) is 24.9 Å². The van der Waals surface area contributed by atoms with Crippen molar-refractivity contribution in [3.05, 3.63) is 34.9 Å². The van der Waals surface area contributed by atoms with Crippen LogP contribution in [0.1, 0.15) is 41.4 Å². The van der Waals surface area contributed by atoms with E-state index < -0.39 is 11.9 Å². The number of nitrogens with zero attached hydrogens (tertiary/aromatic N) is 4. The molecule has 1 amide bonds. The first-order valence-corrected chi connectivity index (χ1v) is 7.65. The monoisotopic (exact) mass is 341 g/mol. The molecule has 2 heterocycles. The van der Waals surface area contributed by atoms with Crippen LogP contribution in [0.3, 0.4) is 0 Å². The fraction of sp³-hybridized carbons (Fsp3) is 0.533. The van der Waals surface area contributed by atoms with Crippen LogP contribution in [0.25, 0.3) is 0 Å². The van der Waals surface area contributed by atoms with Crippen LogP contribution in [0.5, 0.6) is 0 Å². The molecule has 0 aliphatic heterocycles. The Kier molecular flexibility index (Phi) is 4.10. The highest BCUT2D eigenvalue weighted by molar-refractivity contribution is 5.75. The molecule has 1 aliphatic carbocycles. The van der Waals surface area contributed by atoms with E-state index in [1.807, 2.05) is 6.92 Å². The highest BCUT2D eigenvalue weighted by Gasteiger charge is 2.38. The van der Waals surface area contributed by atoms with Crippen molar-refractivity contribution in [2.45, 2.75) is 44.9 Å². The van der Waals surface area contributed by atoms with E-state index in [1.54, 1.807) is 17.9 Å². The normalized spacial score (nSPS) is 14.9. The molecule has 1 saturated carbocycles. The average molecular weight is 341 g/mol. The van der Waals surface area contributed by atoms with Crippen LogP contribution in [0.4, 0.5) is 13.2 Å². The van der Waals surface area contributed by atoms with Crippen LogP contribution in [0.15, 0.2) is 12.3 Å². The molecule has 24 heavy (non-hydrogen) atoms. The van der Waals surface area contributed by atoms with E-state index >= 15 is 0 Å². The molecule has 3 rings (SSSR count). The molecular formula is C15H18F3N5O. The molecule has 0 radical (unpaired) electrons. The molecule has 1 fully saturated rings. The number of rotatable bonds is 5. The summed E-state index contributed by atoms with van der Waals surface area (Å²) in [5.74, 6) is -0.307. The van der Waals surface area contributed by atoms with Crippen LogP contribution in [0.2, 0.25) is 0 Å². The number of aryl methyl sites for hydroxylation is 1. The second kappa shape index (κ2) is 5.95. The number of alkyl halides is 3.